The number of nitrogens with two attached hydrogens (primary N) is 1. The lowest BCUT2D eigenvalue weighted by Crippen LogP contribution is -2.45. The van der Waals surface area contributed by atoms with Crippen molar-refractivity contribution >= 4 is 15.8 Å². The summed E-state index contributed by atoms with van der Waals surface area (Å²) >= 11 is 0. The van der Waals surface area contributed by atoms with E-state index in [9.17, 15) is 13.5 Å². The van der Waals surface area contributed by atoms with E-state index in [0.717, 1.165) is 12.8 Å². The van der Waals surface area contributed by atoms with Crippen molar-refractivity contribution in [2.45, 2.75) is 42.7 Å². The molecule has 6 nitrogen and oxygen atoms in total. The first-order valence-corrected chi connectivity index (χ1v) is 7.40. The molecule has 0 saturated heterocycles. The molecule has 1 fully saturated rings. The summed E-state index contributed by atoms with van der Waals surface area (Å²) in [6, 6.07) is 2.48. The van der Waals surface area contributed by atoms with Gasteiger partial charge in [-0.05, 0) is 25.0 Å². The van der Waals surface area contributed by atoms with Crippen molar-refractivity contribution in [2.75, 3.05) is 5.73 Å². The average molecular weight is 271 g/mol. The molecule has 1 aromatic heterocycles. The highest BCUT2D eigenvalue weighted by Crippen LogP contribution is 2.21. The van der Waals surface area contributed by atoms with E-state index >= 15 is 0 Å². The molecule has 0 radical (unpaired) electrons. The molecule has 0 unspecified atom stereocenters. The predicted octanol–water partition coefficient (Wildman–Crippen LogP) is 0.246. The predicted molar refractivity (Wildman–Crippen MR) is 67.2 cm³/mol. The number of hydrogen-bond acceptors (Lipinski definition) is 5. The minimum atomic E-state index is -3.72. The molecule has 1 aliphatic carbocycles. The highest BCUT2D eigenvalue weighted by molar-refractivity contribution is 7.89. The zero-order valence-corrected chi connectivity index (χ0v) is 10.7. The van der Waals surface area contributed by atoms with Crippen LogP contribution in [0.2, 0.25) is 0 Å². The molecule has 1 saturated carbocycles. The van der Waals surface area contributed by atoms with Crippen LogP contribution in [-0.4, -0.2) is 30.7 Å². The average Bonchev–Trinajstić information content (AvgIpc) is 2.32. The Morgan fingerprint density at radius 2 is 2.11 bits per heavy atom. The van der Waals surface area contributed by atoms with Crippen molar-refractivity contribution in [3.8, 4) is 0 Å². The van der Waals surface area contributed by atoms with Crippen LogP contribution in [0.4, 0.5) is 5.82 Å². The molecule has 1 aliphatic rings. The van der Waals surface area contributed by atoms with E-state index in [1.807, 2.05) is 0 Å². The van der Waals surface area contributed by atoms with Gasteiger partial charge in [-0.25, -0.2) is 18.1 Å². The van der Waals surface area contributed by atoms with E-state index in [2.05, 4.69) is 9.71 Å². The molecule has 1 heterocycles. The van der Waals surface area contributed by atoms with Gasteiger partial charge in [-0.1, -0.05) is 12.8 Å². The van der Waals surface area contributed by atoms with Gasteiger partial charge in [-0.15, -0.1) is 0 Å². The summed E-state index contributed by atoms with van der Waals surface area (Å²) in [5.41, 5.74) is 5.55. The highest BCUT2D eigenvalue weighted by Gasteiger charge is 2.29. The number of pyridine rings is 1. The smallest absolute Gasteiger partial charge is 0.244 e. The van der Waals surface area contributed by atoms with Gasteiger partial charge < -0.3 is 10.8 Å². The van der Waals surface area contributed by atoms with Gasteiger partial charge >= 0.3 is 0 Å². The zero-order valence-electron chi connectivity index (χ0n) is 9.91. The van der Waals surface area contributed by atoms with Crippen LogP contribution in [0.3, 0.4) is 0 Å². The fourth-order valence-electron chi connectivity index (χ4n) is 2.14. The quantitative estimate of drug-likeness (QED) is 0.730. The Labute approximate surface area is 106 Å². The molecular formula is C11H17N3O3S. The second-order valence-corrected chi connectivity index (χ2v) is 6.15. The molecule has 0 aromatic carbocycles. The maximum atomic E-state index is 12.1. The minimum Gasteiger partial charge on any atom is -0.391 e. The fraction of sp³-hybridized carbons (Fsp3) is 0.545. The normalized spacial score (nSPS) is 24.9. The second-order valence-electron chi connectivity index (χ2n) is 4.47. The molecular weight excluding hydrogens is 254 g/mol. The van der Waals surface area contributed by atoms with Crippen LogP contribution in [-0.2, 0) is 10.0 Å². The topological polar surface area (TPSA) is 105 Å². The Morgan fingerprint density at radius 3 is 2.78 bits per heavy atom. The lowest BCUT2D eigenvalue weighted by molar-refractivity contribution is 0.101. The van der Waals surface area contributed by atoms with Gasteiger partial charge in [0, 0.05) is 12.2 Å². The Hall–Kier alpha value is -1.18. The van der Waals surface area contributed by atoms with Crippen molar-refractivity contribution in [2.24, 2.45) is 0 Å². The molecule has 18 heavy (non-hydrogen) atoms. The van der Waals surface area contributed by atoms with Crippen LogP contribution in [0, 0.1) is 0 Å². The number of nitrogens with one attached hydrogen (secondary N) is 1. The summed E-state index contributed by atoms with van der Waals surface area (Å²) in [6.07, 6.45) is 3.90. The van der Waals surface area contributed by atoms with Crippen molar-refractivity contribution in [3.63, 3.8) is 0 Å². The third kappa shape index (κ3) is 2.80. The number of aliphatic hydroxyl groups is 1. The Kier molecular flexibility index (Phi) is 3.84. The summed E-state index contributed by atoms with van der Waals surface area (Å²) < 4.78 is 26.8. The maximum absolute atomic E-state index is 12.1. The third-order valence-corrected chi connectivity index (χ3v) is 4.66. The van der Waals surface area contributed by atoms with Gasteiger partial charge in [0.05, 0.1) is 6.10 Å². The summed E-state index contributed by atoms with van der Waals surface area (Å²) in [5.74, 6) is -0.0321. The number of sulfonamides is 1. The van der Waals surface area contributed by atoms with Gasteiger partial charge in [0.2, 0.25) is 10.0 Å². The molecule has 0 bridgehead atoms. The number of aliphatic hydroxyl groups excluding tert-OH is 1. The van der Waals surface area contributed by atoms with Gasteiger partial charge in [0.25, 0.3) is 0 Å². The molecule has 0 amide bonds. The van der Waals surface area contributed by atoms with E-state index in [1.54, 1.807) is 0 Å². The third-order valence-electron chi connectivity index (χ3n) is 3.13. The Morgan fingerprint density at radius 1 is 1.39 bits per heavy atom. The first-order chi connectivity index (χ1) is 8.50. The van der Waals surface area contributed by atoms with E-state index in [0.29, 0.717) is 12.8 Å². The molecule has 4 N–H and O–H groups in total. The summed E-state index contributed by atoms with van der Waals surface area (Å²) in [6.45, 7) is 0. The van der Waals surface area contributed by atoms with Crippen LogP contribution < -0.4 is 10.5 Å². The van der Waals surface area contributed by atoms with Crippen LogP contribution in [0.15, 0.2) is 23.2 Å². The monoisotopic (exact) mass is 271 g/mol. The number of hydrogen-bond donors (Lipinski definition) is 3. The maximum Gasteiger partial charge on any atom is 0.244 e. The minimum absolute atomic E-state index is 0.0321. The largest absolute Gasteiger partial charge is 0.391 e. The van der Waals surface area contributed by atoms with Gasteiger partial charge in [0.15, 0.2) is 0 Å². The molecule has 0 aliphatic heterocycles. The molecule has 7 heteroatoms. The van der Waals surface area contributed by atoms with Gasteiger partial charge in [-0.3, -0.25) is 0 Å². The first kappa shape index (κ1) is 13.3. The number of nitrogen functional groups attached to an aromatic ring is 1. The van der Waals surface area contributed by atoms with Crippen LogP contribution in [0.1, 0.15) is 25.7 Å². The fourth-order valence-corrected chi connectivity index (χ4v) is 3.53. The van der Waals surface area contributed by atoms with E-state index in [-0.39, 0.29) is 10.7 Å². The molecule has 100 valence electrons. The number of anilines is 1. The van der Waals surface area contributed by atoms with Crippen LogP contribution in [0.5, 0.6) is 0 Å². The van der Waals surface area contributed by atoms with Crippen molar-refractivity contribution in [1.82, 2.24) is 9.71 Å². The van der Waals surface area contributed by atoms with E-state index in [4.69, 9.17) is 5.73 Å². The summed E-state index contributed by atoms with van der Waals surface area (Å²) in [5, 5.41) is 9.77. The van der Waals surface area contributed by atoms with E-state index in [1.165, 1.54) is 18.3 Å². The zero-order chi connectivity index (χ0) is 13.2. The number of aromatic nitrogens is 1. The summed E-state index contributed by atoms with van der Waals surface area (Å²) in [4.78, 5) is 3.71. The van der Waals surface area contributed by atoms with Crippen molar-refractivity contribution in [1.29, 1.82) is 0 Å². The number of rotatable bonds is 3. The van der Waals surface area contributed by atoms with Gasteiger partial charge in [-0.2, -0.15) is 0 Å². The molecule has 2 rings (SSSR count). The first-order valence-electron chi connectivity index (χ1n) is 5.91. The highest BCUT2D eigenvalue weighted by atomic mass is 32.2. The van der Waals surface area contributed by atoms with Crippen molar-refractivity contribution < 1.29 is 13.5 Å². The summed E-state index contributed by atoms with van der Waals surface area (Å²) in [7, 11) is -3.72. The SMILES string of the molecule is Nc1ncccc1S(=O)(=O)N[C@@H]1CCCC[C@H]1O. The van der Waals surface area contributed by atoms with Crippen molar-refractivity contribution in [3.05, 3.63) is 18.3 Å². The Balaban J connectivity index is 2.19. The lowest BCUT2D eigenvalue weighted by Gasteiger charge is -2.28. The van der Waals surface area contributed by atoms with Crippen LogP contribution in [0.25, 0.3) is 0 Å². The van der Waals surface area contributed by atoms with E-state index < -0.39 is 22.2 Å². The van der Waals surface area contributed by atoms with Crippen LogP contribution >= 0.6 is 0 Å². The number of nitrogens with zero attached hydrogens (tertiary/aromatic N) is 1. The second kappa shape index (κ2) is 5.21. The Bertz CT molecular complexity index is 518. The molecule has 2 atom stereocenters. The lowest BCUT2D eigenvalue weighted by atomic mass is 9.93. The standard InChI is InChI=1S/C11H17N3O3S/c12-11-10(6-3-7-13-11)18(16,17)14-8-4-1-2-5-9(8)15/h3,6-9,14-15H,1-2,4-5H2,(H2,12,13)/t8-,9-/m1/s1. The van der Waals surface area contributed by atoms with Gasteiger partial charge in [0.1, 0.15) is 10.7 Å². The molecule has 1 aromatic rings. The molecule has 0 spiro atoms.